The van der Waals surface area contributed by atoms with E-state index in [-0.39, 0.29) is 5.75 Å². The predicted octanol–water partition coefficient (Wildman–Crippen LogP) is 1.22. The maximum absolute atomic E-state index is 11.4. The molecular formula is C12H25NO3S. The van der Waals surface area contributed by atoms with Gasteiger partial charge in [0, 0.05) is 25.5 Å². The number of hydrogen-bond acceptors (Lipinski definition) is 4. The summed E-state index contributed by atoms with van der Waals surface area (Å²) in [7, 11) is -2.83. The van der Waals surface area contributed by atoms with Gasteiger partial charge in [-0.25, -0.2) is 8.42 Å². The van der Waals surface area contributed by atoms with Crippen LogP contribution in [0.1, 0.15) is 32.6 Å². The van der Waals surface area contributed by atoms with Gasteiger partial charge in [-0.2, -0.15) is 0 Å². The van der Waals surface area contributed by atoms with Gasteiger partial charge in [0.25, 0.3) is 0 Å². The standard InChI is InChI=1S/C12H25NO3S/c1-2-9-17(14,15)10-7-13-6-3-8-16-11-12-4-5-12/h12-13H,2-11H2,1H3. The summed E-state index contributed by atoms with van der Waals surface area (Å²) in [6, 6.07) is 0. The molecule has 0 unspecified atom stereocenters. The van der Waals surface area contributed by atoms with Gasteiger partial charge in [0.2, 0.25) is 0 Å². The van der Waals surface area contributed by atoms with E-state index in [9.17, 15) is 8.42 Å². The first kappa shape index (κ1) is 14.9. The van der Waals surface area contributed by atoms with Crippen LogP contribution in [-0.4, -0.2) is 46.2 Å². The molecule has 5 heteroatoms. The molecule has 1 saturated carbocycles. The fourth-order valence-electron chi connectivity index (χ4n) is 1.60. The molecule has 1 aliphatic rings. The normalized spacial score (nSPS) is 16.3. The zero-order chi connectivity index (χ0) is 12.6. The number of rotatable bonds is 11. The molecule has 1 aliphatic carbocycles. The summed E-state index contributed by atoms with van der Waals surface area (Å²) in [5.74, 6) is 1.38. The molecule has 0 aromatic heterocycles. The van der Waals surface area contributed by atoms with Crippen LogP contribution in [0.4, 0.5) is 0 Å². The zero-order valence-electron chi connectivity index (χ0n) is 10.8. The Hall–Kier alpha value is -0.130. The van der Waals surface area contributed by atoms with Crippen molar-refractivity contribution in [1.29, 1.82) is 0 Å². The monoisotopic (exact) mass is 263 g/mol. The summed E-state index contributed by atoms with van der Waals surface area (Å²) in [6.07, 6.45) is 4.32. The topological polar surface area (TPSA) is 55.4 Å². The Labute approximate surface area is 105 Å². The van der Waals surface area contributed by atoms with Gasteiger partial charge < -0.3 is 10.1 Å². The van der Waals surface area contributed by atoms with E-state index in [1.165, 1.54) is 12.8 Å². The molecule has 1 fully saturated rings. The minimum Gasteiger partial charge on any atom is -0.381 e. The second kappa shape index (κ2) is 8.06. The molecule has 17 heavy (non-hydrogen) atoms. The van der Waals surface area contributed by atoms with Gasteiger partial charge in [0.1, 0.15) is 0 Å². The Balaban J connectivity index is 1.83. The Morgan fingerprint density at radius 2 is 2.00 bits per heavy atom. The average Bonchev–Trinajstić information content (AvgIpc) is 3.05. The lowest BCUT2D eigenvalue weighted by Crippen LogP contribution is -2.25. The molecule has 0 bridgehead atoms. The van der Waals surface area contributed by atoms with Gasteiger partial charge in [-0.1, -0.05) is 6.92 Å². The van der Waals surface area contributed by atoms with E-state index in [4.69, 9.17) is 4.74 Å². The highest BCUT2D eigenvalue weighted by molar-refractivity contribution is 7.91. The lowest BCUT2D eigenvalue weighted by atomic mass is 10.4. The van der Waals surface area contributed by atoms with Crippen LogP contribution < -0.4 is 5.32 Å². The van der Waals surface area contributed by atoms with Crippen LogP contribution in [0.25, 0.3) is 0 Å². The lowest BCUT2D eigenvalue weighted by molar-refractivity contribution is 0.122. The van der Waals surface area contributed by atoms with E-state index in [2.05, 4.69) is 5.32 Å². The van der Waals surface area contributed by atoms with Crippen molar-refractivity contribution in [3.63, 3.8) is 0 Å². The van der Waals surface area contributed by atoms with Crippen LogP contribution in [0, 0.1) is 5.92 Å². The molecule has 0 saturated heterocycles. The van der Waals surface area contributed by atoms with Gasteiger partial charge in [0.15, 0.2) is 9.84 Å². The third-order valence-corrected chi connectivity index (χ3v) is 4.65. The van der Waals surface area contributed by atoms with Crippen LogP contribution in [0.5, 0.6) is 0 Å². The van der Waals surface area contributed by atoms with Gasteiger partial charge in [-0.05, 0) is 38.1 Å². The number of hydrogen-bond donors (Lipinski definition) is 1. The van der Waals surface area contributed by atoms with E-state index in [0.717, 1.165) is 32.1 Å². The summed E-state index contributed by atoms with van der Waals surface area (Å²) in [4.78, 5) is 0. The third-order valence-electron chi connectivity index (χ3n) is 2.80. The lowest BCUT2D eigenvalue weighted by Gasteiger charge is -2.06. The number of sulfone groups is 1. The van der Waals surface area contributed by atoms with Crippen molar-refractivity contribution in [1.82, 2.24) is 5.32 Å². The van der Waals surface area contributed by atoms with Gasteiger partial charge in [-0.3, -0.25) is 0 Å². The SMILES string of the molecule is CCCS(=O)(=O)CCNCCCOCC1CC1. The molecule has 0 aromatic rings. The summed E-state index contributed by atoms with van der Waals surface area (Å²) < 4.78 is 28.3. The highest BCUT2D eigenvalue weighted by Crippen LogP contribution is 2.28. The zero-order valence-corrected chi connectivity index (χ0v) is 11.6. The second-order valence-corrected chi connectivity index (χ2v) is 7.08. The van der Waals surface area contributed by atoms with Crippen molar-refractivity contribution in [3.05, 3.63) is 0 Å². The Kier molecular flexibility index (Phi) is 7.08. The molecule has 0 aromatic carbocycles. The molecule has 0 radical (unpaired) electrons. The summed E-state index contributed by atoms with van der Waals surface area (Å²) in [5.41, 5.74) is 0. The quantitative estimate of drug-likeness (QED) is 0.569. The van der Waals surface area contributed by atoms with Crippen molar-refractivity contribution in [2.75, 3.05) is 37.8 Å². The van der Waals surface area contributed by atoms with E-state index in [1.807, 2.05) is 6.92 Å². The van der Waals surface area contributed by atoms with Crippen molar-refractivity contribution < 1.29 is 13.2 Å². The maximum atomic E-state index is 11.4. The largest absolute Gasteiger partial charge is 0.381 e. The first-order chi connectivity index (χ1) is 8.14. The van der Waals surface area contributed by atoms with Crippen molar-refractivity contribution in [2.24, 2.45) is 5.92 Å². The van der Waals surface area contributed by atoms with Crippen molar-refractivity contribution in [3.8, 4) is 0 Å². The van der Waals surface area contributed by atoms with Crippen molar-refractivity contribution >= 4 is 9.84 Å². The van der Waals surface area contributed by atoms with Crippen LogP contribution >= 0.6 is 0 Å². The number of nitrogens with one attached hydrogen (secondary N) is 1. The fourth-order valence-corrected chi connectivity index (χ4v) is 2.88. The Morgan fingerprint density at radius 3 is 2.65 bits per heavy atom. The molecule has 4 nitrogen and oxygen atoms in total. The fraction of sp³-hybridized carbons (Fsp3) is 1.00. The molecular weight excluding hydrogens is 238 g/mol. The third kappa shape index (κ3) is 8.57. The van der Waals surface area contributed by atoms with Crippen molar-refractivity contribution in [2.45, 2.75) is 32.6 Å². The smallest absolute Gasteiger partial charge is 0.151 e. The van der Waals surface area contributed by atoms with E-state index in [0.29, 0.717) is 18.7 Å². The van der Waals surface area contributed by atoms with E-state index in [1.54, 1.807) is 0 Å². The molecule has 1 N–H and O–H groups in total. The highest BCUT2D eigenvalue weighted by atomic mass is 32.2. The second-order valence-electron chi connectivity index (χ2n) is 4.77. The first-order valence-electron chi connectivity index (χ1n) is 6.63. The molecule has 0 aliphatic heterocycles. The Morgan fingerprint density at radius 1 is 1.24 bits per heavy atom. The molecule has 1 rings (SSSR count). The number of ether oxygens (including phenoxy) is 1. The minimum absolute atomic E-state index is 0.254. The summed E-state index contributed by atoms with van der Waals surface area (Å²) in [6.45, 7) is 4.98. The van der Waals surface area contributed by atoms with E-state index < -0.39 is 9.84 Å². The van der Waals surface area contributed by atoms with Gasteiger partial charge in [-0.15, -0.1) is 0 Å². The minimum atomic E-state index is -2.83. The first-order valence-corrected chi connectivity index (χ1v) is 8.45. The predicted molar refractivity (Wildman–Crippen MR) is 70.0 cm³/mol. The van der Waals surface area contributed by atoms with Crippen LogP contribution in [0.3, 0.4) is 0 Å². The summed E-state index contributed by atoms with van der Waals surface area (Å²) >= 11 is 0. The molecule has 0 atom stereocenters. The van der Waals surface area contributed by atoms with E-state index >= 15 is 0 Å². The van der Waals surface area contributed by atoms with Gasteiger partial charge >= 0.3 is 0 Å². The maximum Gasteiger partial charge on any atom is 0.151 e. The molecule has 0 amide bonds. The van der Waals surface area contributed by atoms with Crippen LogP contribution in [-0.2, 0) is 14.6 Å². The summed E-state index contributed by atoms with van der Waals surface area (Å²) in [5, 5.41) is 3.14. The molecule has 0 spiro atoms. The Bertz CT molecular complexity index is 286. The van der Waals surface area contributed by atoms with Crippen LogP contribution in [0.15, 0.2) is 0 Å². The van der Waals surface area contributed by atoms with Gasteiger partial charge in [0.05, 0.1) is 5.75 Å². The molecule has 0 heterocycles. The highest BCUT2D eigenvalue weighted by Gasteiger charge is 2.20. The molecule has 102 valence electrons. The van der Waals surface area contributed by atoms with Crippen LogP contribution in [0.2, 0.25) is 0 Å². The average molecular weight is 263 g/mol.